The van der Waals surface area contributed by atoms with Gasteiger partial charge in [-0.2, -0.15) is 4.31 Å². The zero-order valence-corrected chi connectivity index (χ0v) is 24.5. The van der Waals surface area contributed by atoms with Gasteiger partial charge in [0, 0.05) is 35.9 Å². The fraction of sp³-hybridized carbons (Fsp3) is 0.310. The second-order valence-corrected chi connectivity index (χ2v) is 12.5. The predicted octanol–water partition coefficient (Wildman–Crippen LogP) is 4.52. The molecule has 4 rings (SSSR count). The summed E-state index contributed by atoms with van der Waals surface area (Å²) in [4.78, 5) is 27.9. The number of likely N-dealkylation sites (N-methyl/N-ethyl adjacent to an activating group) is 1. The van der Waals surface area contributed by atoms with E-state index >= 15 is 0 Å². The number of carbonyl (C=O) groups is 2. The number of para-hydroxylation sites is 1. The van der Waals surface area contributed by atoms with Gasteiger partial charge in [0.2, 0.25) is 10.0 Å². The van der Waals surface area contributed by atoms with E-state index in [2.05, 4.69) is 10.6 Å². The van der Waals surface area contributed by atoms with Crippen molar-refractivity contribution < 1.29 is 27.9 Å². The average molecular weight is 601 g/mol. The van der Waals surface area contributed by atoms with E-state index in [1.165, 1.54) is 41.7 Å². The van der Waals surface area contributed by atoms with Crippen molar-refractivity contribution >= 4 is 44.9 Å². The fourth-order valence-electron chi connectivity index (χ4n) is 4.47. The molecule has 10 nitrogen and oxygen atoms in total. The summed E-state index contributed by atoms with van der Waals surface area (Å²) < 4.78 is 34.0. The van der Waals surface area contributed by atoms with Gasteiger partial charge in [0.15, 0.2) is 0 Å². The number of anilines is 2. The van der Waals surface area contributed by atoms with Crippen LogP contribution in [0.25, 0.3) is 0 Å². The molecule has 3 aromatic carbocycles. The molecule has 0 fully saturated rings. The number of rotatable bonds is 8. The molecule has 1 aliphatic heterocycles. The number of benzene rings is 3. The van der Waals surface area contributed by atoms with Crippen LogP contribution in [0.15, 0.2) is 77.7 Å². The highest BCUT2D eigenvalue weighted by Crippen LogP contribution is 2.31. The van der Waals surface area contributed by atoms with Gasteiger partial charge in [0.1, 0.15) is 11.9 Å². The summed E-state index contributed by atoms with van der Waals surface area (Å²) in [6.45, 7) is 3.55. The van der Waals surface area contributed by atoms with Crippen molar-refractivity contribution in [2.24, 2.45) is 5.92 Å². The van der Waals surface area contributed by atoms with Gasteiger partial charge in [-0.05, 0) is 61.5 Å². The molecule has 0 aliphatic carbocycles. The lowest BCUT2D eigenvalue weighted by Gasteiger charge is -2.38. The maximum Gasteiger partial charge on any atom is 0.323 e. The Balaban J connectivity index is 1.61. The van der Waals surface area contributed by atoms with Crippen molar-refractivity contribution in [3.8, 4) is 5.75 Å². The van der Waals surface area contributed by atoms with Gasteiger partial charge in [0.05, 0.1) is 29.7 Å². The third kappa shape index (κ3) is 7.17. The van der Waals surface area contributed by atoms with Crippen molar-refractivity contribution in [3.63, 3.8) is 0 Å². The van der Waals surface area contributed by atoms with Crippen molar-refractivity contribution in [2.75, 3.05) is 37.4 Å². The Morgan fingerprint density at radius 1 is 1.10 bits per heavy atom. The highest BCUT2D eigenvalue weighted by Gasteiger charge is 2.35. The number of fused-ring (bicyclic) bond motifs is 1. The quantitative estimate of drug-likeness (QED) is 0.349. The van der Waals surface area contributed by atoms with Crippen LogP contribution in [0, 0.1) is 5.92 Å². The molecule has 1 aliphatic rings. The molecule has 0 aromatic heterocycles. The number of ether oxygens (including phenoxy) is 1. The first-order valence-corrected chi connectivity index (χ1v) is 14.9. The summed E-state index contributed by atoms with van der Waals surface area (Å²) in [5.41, 5.74) is 1.15. The summed E-state index contributed by atoms with van der Waals surface area (Å²) in [7, 11) is -2.38. The molecule has 3 atom stereocenters. The summed E-state index contributed by atoms with van der Waals surface area (Å²) in [6, 6.07) is 18.5. The van der Waals surface area contributed by atoms with E-state index in [-0.39, 0.29) is 47.7 Å². The van der Waals surface area contributed by atoms with Crippen LogP contribution in [0.4, 0.5) is 16.2 Å². The first-order valence-electron chi connectivity index (χ1n) is 13.1. The van der Waals surface area contributed by atoms with E-state index in [4.69, 9.17) is 16.3 Å². The Bertz CT molecular complexity index is 1490. The standard InChI is InChI=1S/C29H33ClN4O6S/c1-19-16-34(20(2)18-35)28(36)25-15-23(32-29(37)31-22-7-5-4-6-8-22)11-14-26(25)40-27(19)17-33(3)41(38,39)24-12-9-21(30)10-13-24/h4-15,19-20,27,35H,16-18H2,1-3H3,(H2,31,32,37)/t19-,20+,27-/m1/s1. The third-order valence-electron chi connectivity index (χ3n) is 6.91. The van der Waals surface area contributed by atoms with Gasteiger partial charge in [-0.1, -0.05) is 36.7 Å². The van der Waals surface area contributed by atoms with E-state index in [0.717, 1.165) is 0 Å². The molecule has 0 radical (unpaired) electrons. The first-order chi connectivity index (χ1) is 19.5. The molecule has 3 N–H and O–H groups in total. The third-order valence-corrected chi connectivity index (χ3v) is 9.00. The second-order valence-electron chi connectivity index (χ2n) is 10.0. The van der Waals surface area contributed by atoms with E-state index in [9.17, 15) is 23.1 Å². The lowest BCUT2D eigenvalue weighted by Crippen LogP contribution is -2.50. The Labute approximate surface area is 244 Å². The number of aliphatic hydroxyl groups excluding tert-OH is 1. The summed E-state index contributed by atoms with van der Waals surface area (Å²) >= 11 is 5.93. The SMILES string of the molecule is C[C@@H]1CN([C@@H](C)CO)C(=O)c2cc(NC(=O)Nc3ccccc3)ccc2O[C@@H]1CN(C)S(=O)(=O)c1ccc(Cl)cc1. The topological polar surface area (TPSA) is 128 Å². The molecule has 0 unspecified atom stereocenters. The molecule has 3 amide bonds. The Hall–Kier alpha value is -3.64. The highest BCUT2D eigenvalue weighted by molar-refractivity contribution is 7.89. The smallest absolute Gasteiger partial charge is 0.323 e. The van der Waals surface area contributed by atoms with Crippen LogP contribution >= 0.6 is 11.6 Å². The van der Waals surface area contributed by atoms with Gasteiger partial charge < -0.3 is 25.4 Å². The number of nitrogens with zero attached hydrogens (tertiary/aromatic N) is 2. The molecule has 0 bridgehead atoms. The zero-order valence-electron chi connectivity index (χ0n) is 23.0. The monoisotopic (exact) mass is 600 g/mol. The van der Waals surface area contributed by atoms with Crippen LogP contribution in [-0.4, -0.2) is 73.6 Å². The minimum atomic E-state index is -3.85. The van der Waals surface area contributed by atoms with Crippen LogP contribution in [0.1, 0.15) is 24.2 Å². The molecule has 1 heterocycles. The first kappa shape index (κ1) is 30.3. The van der Waals surface area contributed by atoms with Gasteiger partial charge in [-0.3, -0.25) is 4.79 Å². The van der Waals surface area contributed by atoms with Crippen LogP contribution in [-0.2, 0) is 10.0 Å². The number of hydrogen-bond donors (Lipinski definition) is 3. The van der Waals surface area contributed by atoms with Crippen molar-refractivity contribution in [1.29, 1.82) is 0 Å². The Kier molecular flexibility index (Phi) is 9.54. The molecule has 218 valence electrons. The number of urea groups is 1. The maximum atomic E-state index is 13.7. The van der Waals surface area contributed by atoms with E-state index < -0.39 is 28.2 Å². The predicted molar refractivity (Wildman–Crippen MR) is 158 cm³/mol. The molecule has 12 heteroatoms. The number of halogens is 1. The average Bonchev–Trinajstić information content (AvgIpc) is 2.95. The number of aliphatic hydroxyl groups is 1. The van der Waals surface area contributed by atoms with Gasteiger partial charge >= 0.3 is 6.03 Å². The molecule has 0 saturated carbocycles. The number of nitrogens with one attached hydrogen (secondary N) is 2. The number of hydrogen-bond acceptors (Lipinski definition) is 6. The summed E-state index contributed by atoms with van der Waals surface area (Å²) in [5, 5.41) is 15.8. The highest BCUT2D eigenvalue weighted by atomic mass is 35.5. The zero-order chi connectivity index (χ0) is 29.7. The molecule has 0 spiro atoms. The molecule has 0 saturated heterocycles. The van der Waals surface area contributed by atoms with E-state index in [0.29, 0.717) is 16.4 Å². The minimum absolute atomic E-state index is 0.000581. The van der Waals surface area contributed by atoms with E-state index in [1.54, 1.807) is 48.2 Å². The van der Waals surface area contributed by atoms with Crippen LogP contribution in [0.2, 0.25) is 5.02 Å². The maximum absolute atomic E-state index is 13.7. The van der Waals surface area contributed by atoms with Crippen molar-refractivity contribution in [1.82, 2.24) is 9.21 Å². The minimum Gasteiger partial charge on any atom is -0.488 e. The van der Waals surface area contributed by atoms with Crippen LogP contribution in [0.5, 0.6) is 5.75 Å². The second kappa shape index (κ2) is 12.9. The summed E-state index contributed by atoms with van der Waals surface area (Å²) in [5.74, 6) is -0.424. The van der Waals surface area contributed by atoms with E-state index in [1.807, 2.05) is 13.0 Å². The van der Waals surface area contributed by atoms with Gasteiger partial charge in [-0.15, -0.1) is 0 Å². The lowest BCUT2D eigenvalue weighted by molar-refractivity contribution is 0.0387. The van der Waals surface area contributed by atoms with Crippen molar-refractivity contribution in [3.05, 3.63) is 83.4 Å². The van der Waals surface area contributed by atoms with Gasteiger partial charge in [-0.25, -0.2) is 13.2 Å². The van der Waals surface area contributed by atoms with Crippen molar-refractivity contribution in [2.45, 2.75) is 30.9 Å². The normalized spacial score (nSPS) is 18.1. The van der Waals surface area contributed by atoms with Crippen LogP contribution in [0.3, 0.4) is 0 Å². The fourth-order valence-corrected chi connectivity index (χ4v) is 5.78. The number of sulfonamides is 1. The largest absolute Gasteiger partial charge is 0.488 e. The number of amides is 3. The lowest BCUT2D eigenvalue weighted by atomic mass is 9.99. The molecule has 3 aromatic rings. The molecular formula is C29H33ClN4O6S. The molecular weight excluding hydrogens is 568 g/mol. The van der Waals surface area contributed by atoms with Gasteiger partial charge in [0.25, 0.3) is 5.91 Å². The number of carbonyl (C=O) groups excluding carboxylic acids is 2. The Morgan fingerprint density at radius 3 is 2.41 bits per heavy atom. The Morgan fingerprint density at radius 2 is 1.76 bits per heavy atom. The molecule has 41 heavy (non-hydrogen) atoms. The summed E-state index contributed by atoms with van der Waals surface area (Å²) in [6.07, 6.45) is -0.637. The van der Waals surface area contributed by atoms with Crippen LogP contribution < -0.4 is 15.4 Å².